The number of carbonyl (C=O) groups is 13. The summed E-state index contributed by atoms with van der Waals surface area (Å²) < 4.78 is 0. The third kappa shape index (κ3) is 27.4. The van der Waals surface area contributed by atoms with Gasteiger partial charge in [0.25, 0.3) is 0 Å². The normalized spacial score (nSPS) is 16.7. The first-order chi connectivity index (χ1) is 41.5. The molecule has 0 aliphatic carbocycles. The summed E-state index contributed by atoms with van der Waals surface area (Å²) in [5, 5.41) is 78.6. The number of amides is 12. The zero-order valence-corrected chi connectivity index (χ0v) is 53.6. The molecular formula is C57H95N13O18S. The van der Waals surface area contributed by atoms with Gasteiger partial charge in [0, 0.05) is 6.42 Å². The van der Waals surface area contributed by atoms with E-state index in [2.05, 4.69) is 58.5 Å². The second kappa shape index (κ2) is 39.5. The summed E-state index contributed by atoms with van der Waals surface area (Å²) in [4.78, 5) is 173. The van der Waals surface area contributed by atoms with Gasteiger partial charge in [-0.3, -0.25) is 57.5 Å². The highest BCUT2D eigenvalue weighted by molar-refractivity contribution is 7.98. The molecule has 0 radical (unpaired) electrons. The molecule has 0 aliphatic rings. The van der Waals surface area contributed by atoms with Crippen LogP contribution in [-0.4, -0.2) is 218 Å². The van der Waals surface area contributed by atoms with Gasteiger partial charge in [0.1, 0.15) is 72.5 Å². The van der Waals surface area contributed by atoms with E-state index in [1.54, 1.807) is 57.4 Å². The minimum Gasteiger partial charge on any atom is -0.480 e. The summed E-state index contributed by atoms with van der Waals surface area (Å²) in [6.07, 6.45) is -0.943. The third-order valence-corrected chi connectivity index (χ3v) is 14.7. The molecule has 32 heteroatoms. The maximum absolute atomic E-state index is 14.1. The highest BCUT2D eigenvalue weighted by atomic mass is 32.2. The zero-order valence-electron chi connectivity index (χ0n) is 52.8. The fourth-order valence-corrected chi connectivity index (χ4v) is 8.68. The van der Waals surface area contributed by atoms with E-state index in [0.717, 1.165) is 13.8 Å². The van der Waals surface area contributed by atoms with Crippen LogP contribution in [0.4, 0.5) is 0 Å². The number of thioether (sulfide) groups is 1. The highest BCUT2D eigenvalue weighted by Crippen LogP contribution is 2.12. The Labute approximate surface area is 522 Å². The molecule has 12 amide bonds. The van der Waals surface area contributed by atoms with Crippen LogP contribution in [0.5, 0.6) is 0 Å². The standard InChI is InChI=1S/C57H95N13O18S/c1-14-28(6)41(58)53(83)61-31(9)47(77)66-39(24-71)52(82)65-37(22-26(2)3)50(80)63-36(20-21-89-13)49(79)60-30(8)46(76)64-38(23-35-18-16-15-17-19-35)51(81)69-43(33(11)73)55(85)62-29(7)45(75)59-32(10)48(78)68-42(27(4)5)54(84)70-44(34(12)74)56(86)67-40(25-72)57(87)88/h15-19,26-34,36-44,71-74H,14,20-25,58H2,1-13H3,(H,59,75)(H,60,79)(H,61,83)(H,62,85)(H,63,80)(H,64,76)(H,65,82)(H,66,77)(H,67,86)(H,68,78)(H,69,81)(H,70,84)(H,87,88)/t28-,29-,30-,31-,32-,33+,34+,36-,37-,38-,39-,40-,41-,42-,43-,44-/m0/s1. The number of carbonyl (C=O) groups excluding carboxylic acids is 12. The summed E-state index contributed by atoms with van der Waals surface area (Å²) in [6, 6.07) is -10.2. The molecule has 1 rings (SSSR count). The summed E-state index contributed by atoms with van der Waals surface area (Å²) in [7, 11) is 0. The van der Waals surface area contributed by atoms with Gasteiger partial charge >= 0.3 is 5.97 Å². The number of carboxylic acid groups (broad SMARTS) is 1. The van der Waals surface area contributed by atoms with Crippen molar-refractivity contribution in [3.63, 3.8) is 0 Å². The maximum atomic E-state index is 14.1. The molecule has 502 valence electrons. The number of hydrogen-bond donors (Lipinski definition) is 18. The first-order valence-corrected chi connectivity index (χ1v) is 30.7. The Balaban J connectivity index is 3.24. The molecule has 0 spiro atoms. The van der Waals surface area contributed by atoms with Crippen molar-refractivity contribution in [3.05, 3.63) is 35.9 Å². The number of nitrogens with one attached hydrogen (secondary N) is 12. The summed E-state index contributed by atoms with van der Waals surface area (Å²) in [5.41, 5.74) is 6.52. The number of aliphatic hydroxyl groups excluding tert-OH is 4. The van der Waals surface area contributed by atoms with E-state index in [0.29, 0.717) is 17.7 Å². The number of benzene rings is 1. The first-order valence-electron chi connectivity index (χ1n) is 29.3. The molecule has 1 aromatic rings. The fourth-order valence-electron chi connectivity index (χ4n) is 8.21. The van der Waals surface area contributed by atoms with Crippen LogP contribution in [-0.2, 0) is 68.7 Å². The molecule has 0 unspecified atom stereocenters. The van der Waals surface area contributed by atoms with Crippen molar-refractivity contribution in [2.75, 3.05) is 25.2 Å². The molecule has 0 saturated heterocycles. The minimum absolute atomic E-state index is 0.0372. The van der Waals surface area contributed by atoms with Crippen molar-refractivity contribution in [2.45, 2.75) is 200 Å². The first kappa shape index (κ1) is 79.5. The van der Waals surface area contributed by atoms with Gasteiger partial charge in [0.15, 0.2) is 0 Å². The average Bonchev–Trinajstić information content (AvgIpc) is 3.42. The summed E-state index contributed by atoms with van der Waals surface area (Å²) in [6.45, 7) is 15.7. The van der Waals surface area contributed by atoms with E-state index in [-0.39, 0.29) is 31.1 Å². The summed E-state index contributed by atoms with van der Waals surface area (Å²) >= 11 is 1.34. The topological polar surface area (TPSA) is 493 Å². The van der Waals surface area contributed by atoms with E-state index in [1.807, 2.05) is 12.2 Å². The average molecular weight is 1280 g/mol. The van der Waals surface area contributed by atoms with Crippen LogP contribution in [0.15, 0.2) is 30.3 Å². The lowest BCUT2D eigenvalue weighted by Gasteiger charge is -2.28. The van der Waals surface area contributed by atoms with Crippen LogP contribution in [0.1, 0.15) is 108 Å². The van der Waals surface area contributed by atoms with Gasteiger partial charge in [0.05, 0.1) is 31.5 Å². The number of nitrogens with two attached hydrogens (primary N) is 1. The molecule has 0 aromatic heterocycles. The Kier molecular flexibility index (Phi) is 35.3. The van der Waals surface area contributed by atoms with Crippen LogP contribution in [0.25, 0.3) is 0 Å². The van der Waals surface area contributed by atoms with E-state index < -0.39 is 187 Å². The molecule has 19 N–H and O–H groups in total. The number of rotatable bonds is 39. The van der Waals surface area contributed by atoms with Crippen molar-refractivity contribution in [2.24, 2.45) is 23.5 Å². The maximum Gasteiger partial charge on any atom is 0.328 e. The van der Waals surface area contributed by atoms with Gasteiger partial charge in [-0.2, -0.15) is 11.8 Å². The molecule has 0 bridgehead atoms. The molecule has 31 nitrogen and oxygen atoms in total. The number of aliphatic carboxylic acids is 1. The number of hydrogen-bond acceptors (Lipinski definition) is 19. The Bertz CT molecular complexity index is 2560. The van der Waals surface area contributed by atoms with Crippen LogP contribution in [0.3, 0.4) is 0 Å². The molecule has 0 fully saturated rings. The van der Waals surface area contributed by atoms with Gasteiger partial charge in [-0.25, -0.2) is 4.79 Å². The van der Waals surface area contributed by atoms with Crippen molar-refractivity contribution in [1.29, 1.82) is 0 Å². The van der Waals surface area contributed by atoms with Crippen LogP contribution in [0.2, 0.25) is 0 Å². The smallest absolute Gasteiger partial charge is 0.328 e. The molecule has 0 aliphatic heterocycles. The van der Waals surface area contributed by atoms with Crippen molar-refractivity contribution < 1.29 is 87.9 Å². The number of carboxylic acids is 1. The van der Waals surface area contributed by atoms with E-state index in [1.165, 1.54) is 53.3 Å². The monoisotopic (exact) mass is 1280 g/mol. The van der Waals surface area contributed by atoms with Gasteiger partial charge in [0.2, 0.25) is 70.9 Å². The van der Waals surface area contributed by atoms with Crippen LogP contribution < -0.4 is 69.5 Å². The molecular weight excluding hydrogens is 1190 g/mol. The molecule has 1 aromatic carbocycles. The summed E-state index contributed by atoms with van der Waals surface area (Å²) in [5.74, 6) is -13.3. The fraction of sp³-hybridized carbons (Fsp3) is 0.667. The predicted molar refractivity (Wildman–Crippen MR) is 326 cm³/mol. The van der Waals surface area contributed by atoms with E-state index >= 15 is 0 Å². The SMILES string of the molecule is CC[C@H](C)[C@H](N)C(=O)N[C@@H](C)C(=O)N[C@@H](CO)C(=O)N[C@@H](CC(C)C)C(=O)N[C@@H](CCSC)C(=O)N[C@@H](C)C(=O)N[C@@H](Cc1ccccc1)C(=O)N[C@H](C(=O)N[C@@H](C)C(=O)N[C@@H](C)C(=O)N[C@H](C(=O)N[C@H](C(=O)N[C@@H](CO)C(=O)O)[C@@H](C)O)C(C)C)[C@@H](C)O. The van der Waals surface area contributed by atoms with Gasteiger partial charge in [-0.05, 0) is 89.7 Å². The van der Waals surface area contributed by atoms with Crippen molar-refractivity contribution >= 4 is 88.6 Å². The molecule has 0 saturated carbocycles. The lowest BCUT2D eigenvalue weighted by molar-refractivity contribution is -0.144. The van der Waals surface area contributed by atoms with E-state index in [4.69, 9.17) is 5.73 Å². The number of aliphatic hydroxyl groups is 4. The zero-order chi connectivity index (χ0) is 68.2. The Hall–Kier alpha value is -7.52. The lowest BCUT2D eigenvalue weighted by atomic mass is 9.99. The highest BCUT2D eigenvalue weighted by Gasteiger charge is 2.37. The predicted octanol–water partition coefficient (Wildman–Crippen LogP) is -5.21. The van der Waals surface area contributed by atoms with E-state index in [9.17, 15) is 87.9 Å². The van der Waals surface area contributed by atoms with Crippen molar-refractivity contribution in [3.8, 4) is 0 Å². The van der Waals surface area contributed by atoms with Crippen molar-refractivity contribution in [1.82, 2.24) is 63.8 Å². The lowest BCUT2D eigenvalue weighted by Crippen LogP contribution is -2.62. The third-order valence-electron chi connectivity index (χ3n) is 14.1. The van der Waals surface area contributed by atoms with Gasteiger partial charge in [-0.15, -0.1) is 0 Å². The molecule has 89 heavy (non-hydrogen) atoms. The quantitative estimate of drug-likeness (QED) is 0.0293. The minimum atomic E-state index is -1.76. The second-order valence-corrected chi connectivity index (χ2v) is 23.6. The van der Waals surface area contributed by atoms with Crippen LogP contribution >= 0.6 is 11.8 Å². The Morgan fingerprint density at radius 3 is 1.27 bits per heavy atom. The molecule has 0 heterocycles. The van der Waals surface area contributed by atoms with Crippen LogP contribution in [0, 0.1) is 17.8 Å². The largest absolute Gasteiger partial charge is 0.480 e. The Morgan fingerprint density at radius 2 is 0.809 bits per heavy atom. The molecule has 16 atom stereocenters. The van der Waals surface area contributed by atoms with Gasteiger partial charge in [-0.1, -0.05) is 78.3 Å². The van der Waals surface area contributed by atoms with Gasteiger partial charge < -0.3 is 95.1 Å². The Morgan fingerprint density at radius 1 is 0.449 bits per heavy atom. The second-order valence-electron chi connectivity index (χ2n) is 22.6.